The van der Waals surface area contributed by atoms with Crippen LogP contribution in [0, 0.1) is 0 Å². The highest BCUT2D eigenvalue weighted by atomic mass is 16.7. The topological polar surface area (TPSA) is 109 Å². The van der Waals surface area contributed by atoms with Gasteiger partial charge in [0.25, 0.3) is 0 Å². The van der Waals surface area contributed by atoms with Crippen molar-refractivity contribution >= 4 is 11.9 Å². The Balaban J connectivity index is 0.000000209. The minimum absolute atomic E-state index is 0.359. The standard InChI is InChI=1S/C6H6O5.C4H10O2/c7-5(3-1-9-3)11-6(8)4-2-10-4;1-2-3-4(5)6/h3-4H,1-2H2;4-6H,2-3H2,1H3. The third kappa shape index (κ3) is 6.32. The van der Waals surface area contributed by atoms with E-state index in [1.54, 1.807) is 0 Å². The van der Waals surface area contributed by atoms with Crippen LogP contribution in [0.5, 0.6) is 0 Å². The summed E-state index contributed by atoms with van der Waals surface area (Å²) in [5.74, 6) is -1.21. The lowest BCUT2D eigenvalue weighted by Crippen LogP contribution is -2.20. The summed E-state index contributed by atoms with van der Waals surface area (Å²) in [6.45, 7) is 2.62. The molecule has 0 radical (unpaired) electrons. The Hall–Kier alpha value is -1.02. The summed E-state index contributed by atoms with van der Waals surface area (Å²) in [6, 6.07) is 0. The van der Waals surface area contributed by atoms with Gasteiger partial charge in [-0.1, -0.05) is 13.3 Å². The molecule has 7 nitrogen and oxygen atoms in total. The number of hydrogen-bond donors (Lipinski definition) is 2. The summed E-state index contributed by atoms with van der Waals surface area (Å²) in [6.07, 6.45) is -0.817. The third-order valence-electron chi connectivity index (χ3n) is 1.94. The molecule has 0 aromatic carbocycles. The Bertz CT molecular complexity index is 246. The molecule has 2 unspecified atom stereocenters. The van der Waals surface area contributed by atoms with Crippen molar-refractivity contribution in [3.8, 4) is 0 Å². The normalized spacial score (nSPS) is 24.7. The van der Waals surface area contributed by atoms with Gasteiger partial charge in [-0.2, -0.15) is 0 Å². The maximum Gasteiger partial charge on any atom is 0.345 e. The van der Waals surface area contributed by atoms with Gasteiger partial charge >= 0.3 is 11.9 Å². The lowest BCUT2D eigenvalue weighted by Gasteiger charge is -1.95. The van der Waals surface area contributed by atoms with Crippen LogP contribution in [0.25, 0.3) is 0 Å². The van der Waals surface area contributed by atoms with Crippen LogP contribution in [-0.4, -0.2) is 53.9 Å². The highest BCUT2D eigenvalue weighted by Gasteiger charge is 2.39. The zero-order valence-electron chi connectivity index (χ0n) is 9.50. The first-order valence-corrected chi connectivity index (χ1v) is 5.39. The van der Waals surface area contributed by atoms with Crippen LogP contribution in [-0.2, 0) is 23.8 Å². The highest BCUT2D eigenvalue weighted by Crippen LogP contribution is 2.15. The number of hydrogen-bond acceptors (Lipinski definition) is 7. The highest BCUT2D eigenvalue weighted by molar-refractivity contribution is 5.91. The second kappa shape index (κ2) is 6.65. The molecule has 0 amide bonds. The fourth-order valence-corrected chi connectivity index (χ4v) is 0.857. The molecule has 2 aliphatic rings. The van der Waals surface area contributed by atoms with Gasteiger partial charge in [0.05, 0.1) is 13.2 Å². The van der Waals surface area contributed by atoms with E-state index in [0.717, 1.165) is 6.42 Å². The van der Waals surface area contributed by atoms with E-state index in [0.29, 0.717) is 19.6 Å². The number of carbonyl (C=O) groups excluding carboxylic acids is 2. The summed E-state index contributed by atoms with van der Waals surface area (Å²) >= 11 is 0. The molecule has 2 fully saturated rings. The molecule has 2 saturated heterocycles. The first-order valence-electron chi connectivity index (χ1n) is 5.39. The second-order valence-electron chi connectivity index (χ2n) is 3.65. The summed E-state index contributed by atoms with van der Waals surface area (Å²) in [5, 5.41) is 16.2. The van der Waals surface area contributed by atoms with Gasteiger partial charge in [-0.15, -0.1) is 0 Å². The van der Waals surface area contributed by atoms with Crippen LogP contribution >= 0.6 is 0 Å². The predicted molar refractivity (Wildman–Crippen MR) is 53.7 cm³/mol. The third-order valence-corrected chi connectivity index (χ3v) is 1.94. The maximum absolute atomic E-state index is 10.7. The number of aliphatic hydroxyl groups excluding tert-OH is 1. The van der Waals surface area contributed by atoms with E-state index in [4.69, 9.17) is 10.2 Å². The average Bonchev–Trinajstić information content (AvgIpc) is 3.11. The van der Waals surface area contributed by atoms with Crippen LogP contribution in [0.2, 0.25) is 0 Å². The van der Waals surface area contributed by atoms with Gasteiger partial charge in [0.2, 0.25) is 0 Å². The molecule has 98 valence electrons. The van der Waals surface area contributed by atoms with Crippen molar-refractivity contribution in [2.24, 2.45) is 0 Å². The van der Waals surface area contributed by atoms with Gasteiger partial charge < -0.3 is 24.4 Å². The largest absolute Gasteiger partial charge is 0.389 e. The van der Waals surface area contributed by atoms with Crippen LogP contribution < -0.4 is 0 Å². The molecule has 2 N–H and O–H groups in total. The summed E-state index contributed by atoms with van der Waals surface area (Å²) in [4.78, 5) is 21.4. The molecule has 2 heterocycles. The molecule has 0 aromatic heterocycles. The van der Waals surface area contributed by atoms with E-state index in [2.05, 4.69) is 14.2 Å². The SMILES string of the molecule is CCCC(O)O.O=C(OC(=O)C1CO1)C1CO1. The molecular formula is C10H16O7. The fraction of sp³-hybridized carbons (Fsp3) is 0.800. The zero-order valence-corrected chi connectivity index (χ0v) is 9.50. The van der Waals surface area contributed by atoms with Crippen molar-refractivity contribution in [3.05, 3.63) is 0 Å². The van der Waals surface area contributed by atoms with Gasteiger partial charge in [0.15, 0.2) is 18.5 Å². The summed E-state index contributed by atoms with van der Waals surface area (Å²) in [7, 11) is 0. The van der Waals surface area contributed by atoms with Crippen molar-refractivity contribution in [2.45, 2.75) is 38.3 Å². The Morgan fingerprint density at radius 2 is 1.65 bits per heavy atom. The Morgan fingerprint density at radius 1 is 1.24 bits per heavy atom. The zero-order chi connectivity index (χ0) is 12.8. The van der Waals surface area contributed by atoms with Crippen LogP contribution in [0.15, 0.2) is 0 Å². The van der Waals surface area contributed by atoms with Gasteiger partial charge in [0.1, 0.15) is 0 Å². The van der Waals surface area contributed by atoms with Crippen LogP contribution in [0.3, 0.4) is 0 Å². The first kappa shape index (κ1) is 14.0. The number of rotatable bonds is 4. The van der Waals surface area contributed by atoms with Crippen LogP contribution in [0.1, 0.15) is 19.8 Å². The minimum Gasteiger partial charge on any atom is -0.389 e. The Labute approximate surface area is 98.3 Å². The molecule has 7 heteroatoms. The van der Waals surface area contributed by atoms with Gasteiger partial charge in [-0.3, -0.25) is 0 Å². The number of aliphatic hydroxyl groups is 2. The molecule has 0 spiro atoms. The van der Waals surface area contributed by atoms with Crippen molar-refractivity contribution in [2.75, 3.05) is 13.2 Å². The molecule has 0 bridgehead atoms. The molecule has 2 aliphatic heterocycles. The van der Waals surface area contributed by atoms with Crippen molar-refractivity contribution < 1.29 is 34.0 Å². The van der Waals surface area contributed by atoms with Gasteiger partial charge in [-0.05, 0) is 6.42 Å². The number of ether oxygens (including phenoxy) is 3. The van der Waals surface area contributed by atoms with E-state index in [1.165, 1.54) is 0 Å². The molecule has 17 heavy (non-hydrogen) atoms. The first-order chi connectivity index (χ1) is 8.04. The quantitative estimate of drug-likeness (QED) is 0.283. The maximum atomic E-state index is 10.7. The molecule has 0 saturated carbocycles. The molecule has 0 aliphatic carbocycles. The van der Waals surface area contributed by atoms with Crippen molar-refractivity contribution in [3.63, 3.8) is 0 Å². The molecule has 2 rings (SSSR count). The summed E-state index contributed by atoms with van der Waals surface area (Å²) in [5.41, 5.74) is 0. The lowest BCUT2D eigenvalue weighted by molar-refractivity contribution is -0.161. The molecular weight excluding hydrogens is 232 g/mol. The molecule has 0 aromatic rings. The molecule has 2 atom stereocenters. The number of esters is 2. The smallest absolute Gasteiger partial charge is 0.345 e. The van der Waals surface area contributed by atoms with E-state index >= 15 is 0 Å². The predicted octanol–water partition coefficient (Wildman–Crippen LogP) is -1.05. The van der Waals surface area contributed by atoms with Crippen molar-refractivity contribution in [1.29, 1.82) is 0 Å². The Morgan fingerprint density at radius 3 is 1.82 bits per heavy atom. The minimum atomic E-state index is -1.10. The van der Waals surface area contributed by atoms with Gasteiger partial charge in [0, 0.05) is 0 Å². The second-order valence-corrected chi connectivity index (χ2v) is 3.65. The van der Waals surface area contributed by atoms with Gasteiger partial charge in [-0.25, -0.2) is 9.59 Å². The lowest BCUT2D eigenvalue weighted by atomic mass is 10.3. The van der Waals surface area contributed by atoms with E-state index in [1.807, 2.05) is 6.92 Å². The fourth-order valence-electron chi connectivity index (χ4n) is 0.857. The number of carbonyl (C=O) groups is 2. The summed E-state index contributed by atoms with van der Waals surface area (Å²) < 4.78 is 13.6. The van der Waals surface area contributed by atoms with E-state index in [9.17, 15) is 9.59 Å². The van der Waals surface area contributed by atoms with E-state index in [-0.39, 0.29) is 0 Å². The van der Waals surface area contributed by atoms with E-state index < -0.39 is 30.4 Å². The van der Waals surface area contributed by atoms with Crippen LogP contribution in [0.4, 0.5) is 0 Å². The van der Waals surface area contributed by atoms with Crippen molar-refractivity contribution in [1.82, 2.24) is 0 Å². The monoisotopic (exact) mass is 248 g/mol. The number of epoxide rings is 2. The average molecular weight is 248 g/mol. The Kier molecular flexibility index (Phi) is 5.49.